The van der Waals surface area contributed by atoms with Gasteiger partial charge in [0, 0.05) is 11.9 Å². The zero-order chi connectivity index (χ0) is 15.2. The molecular weight excluding hydrogens is 335 g/mol. The zero-order valence-corrected chi connectivity index (χ0v) is 14.8. The second-order valence-electron chi connectivity index (χ2n) is 4.92. The number of halogens is 2. The van der Waals surface area contributed by atoms with Gasteiger partial charge in [-0.15, -0.1) is 24.8 Å². The van der Waals surface area contributed by atoms with E-state index in [2.05, 4.69) is 22.7 Å². The Kier molecular flexibility index (Phi) is 9.49. The number of methoxy groups -OCH3 is 1. The zero-order valence-electron chi connectivity index (χ0n) is 13.2. The van der Waals surface area contributed by atoms with E-state index >= 15 is 0 Å². The lowest BCUT2D eigenvalue weighted by atomic mass is 10.0. The van der Waals surface area contributed by atoms with Crippen molar-refractivity contribution in [1.29, 1.82) is 0 Å². The van der Waals surface area contributed by atoms with Crippen LogP contribution in [0, 0.1) is 0 Å². The van der Waals surface area contributed by atoms with Crippen LogP contribution in [-0.4, -0.2) is 24.1 Å². The molecule has 0 aliphatic heterocycles. The highest BCUT2D eigenvalue weighted by atomic mass is 35.5. The minimum absolute atomic E-state index is 0. The molecule has 0 saturated carbocycles. The summed E-state index contributed by atoms with van der Waals surface area (Å²) in [7, 11) is 1.35. The summed E-state index contributed by atoms with van der Waals surface area (Å²) in [6.45, 7) is 2.09. The Morgan fingerprint density at radius 2 is 1.83 bits per heavy atom. The first-order chi connectivity index (χ1) is 10.1. The van der Waals surface area contributed by atoms with Gasteiger partial charge in [0.2, 0.25) is 0 Å². The van der Waals surface area contributed by atoms with Gasteiger partial charge in [0.1, 0.15) is 6.04 Å². The first-order valence-corrected chi connectivity index (χ1v) is 7.01. The van der Waals surface area contributed by atoms with E-state index in [0.717, 1.165) is 28.8 Å². The van der Waals surface area contributed by atoms with Crippen molar-refractivity contribution in [2.75, 3.05) is 7.11 Å². The normalized spacial score (nSPS) is 10.9. The number of rotatable bonds is 5. The highest BCUT2D eigenvalue weighted by Gasteiger charge is 2.14. The topological polar surface area (TPSA) is 65.2 Å². The van der Waals surface area contributed by atoms with E-state index in [-0.39, 0.29) is 30.8 Å². The Balaban J connectivity index is 0.00000242. The van der Waals surface area contributed by atoms with Gasteiger partial charge in [-0.25, -0.2) is 0 Å². The van der Waals surface area contributed by atoms with Crippen LogP contribution in [0.15, 0.2) is 42.6 Å². The predicted molar refractivity (Wildman–Crippen MR) is 97.2 cm³/mol. The van der Waals surface area contributed by atoms with Gasteiger partial charge >= 0.3 is 5.97 Å². The molecule has 0 unspecified atom stereocenters. The van der Waals surface area contributed by atoms with Gasteiger partial charge in [0.05, 0.1) is 7.11 Å². The molecule has 0 amide bonds. The van der Waals surface area contributed by atoms with Crippen LogP contribution < -0.4 is 5.73 Å². The summed E-state index contributed by atoms with van der Waals surface area (Å²) in [5.74, 6) is -0.388. The molecule has 0 aliphatic rings. The minimum Gasteiger partial charge on any atom is -0.468 e. The SMILES string of the molecule is CCc1cc(-c2ccc(C[C@H](N)C(=O)OC)cc2)ccn1.Cl.Cl. The highest BCUT2D eigenvalue weighted by Crippen LogP contribution is 2.20. The lowest BCUT2D eigenvalue weighted by Crippen LogP contribution is -2.33. The average Bonchev–Trinajstić information content (AvgIpc) is 2.54. The van der Waals surface area contributed by atoms with Crippen molar-refractivity contribution in [3.8, 4) is 11.1 Å². The number of nitrogens with two attached hydrogens (primary N) is 1. The van der Waals surface area contributed by atoms with Gasteiger partial charge < -0.3 is 10.5 Å². The number of benzene rings is 1. The van der Waals surface area contributed by atoms with E-state index in [1.54, 1.807) is 0 Å². The van der Waals surface area contributed by atoms with Gasteiger partial charge in [0.25, 0.3) is 0 Å². The number of esters is 1. The summed E-state index contributed by atoms with van der Waals surface area (Å²) >= 11 is 0. The molecule has 0 bridgehead atoms. The molecule has 23 heavy (non-hydrogen) atoms. The number of ether oxygens (including phenoxy) is 1. The van der Waals surface area contributed by atoms with E-state index in [4.69, 9.17) is 5.73 Å². The van der Waals surface area contributed by atoms with E-state index < -0.39 is 6.04 Å². The van der Waals surface area contributed by atoms with Gasteiger partial charge in [-0.05, 0) is 41.7 Å². The van der Waals surface area contributed by atoms with Crippen LogP contribution in [0.4, 0.5) is 0 Å². The molecule has 4 nitrogen and oxygen atoms in total. The lowest BCUT2D eigenvalue weighted by molar-refractivity contribution is -0.142. The lowest BCUT2D eigenvalue weighted by Gasteiger charge is -2.10. The summed E-state index contributed by atoms with van der Waals surface area (Å²) in [5.41, 5.74) is 10.1. The highest BCUT2D eigenvalue weighted by molar-refractivity contribution is 5.85. The largest absolute Gasteiger partial charge is 0.468 e. The molecule has 2 N–H and O–H groups in total. The molecule has 1 heterocycles. The van der Waals surface area contributed by atoms with Crippen LogP contribution in [0.1, 0.15) is 18.2 Å². The number of hydrogen-bond acceptors (Lipinski definition) is 4. The Hall–Kier alpha value is -1.62. The summed E-state index contributed by atoms with van der Waals surface area (Å²) < 4.78 is 4.63. The Bertz CT molecular complexity index is 618. The second-order valence-corrected chi connectivity index (χ2v) is 4.92. The molecule has 2 aromatic rings. The van der Waals surface area contributed by atoms with Crippen molar-refractivity contribution in [2.45, 2.75) is 25.8 Å². The number of aromatic nitrogens is 1. The maximum absolute atomic E-state index is 11.3. The molecule has 2 rings (SSSR count). The van der Waals surface area contributed by atoms with Crippen molar-refractivity contribution >= 4 is 30.8 Å². The summed E-state index contributed by atoms with van der Waals surface area (Å²) in [6.07, 6.45) is 3.22. The van der Waals surface area contributed by atoms with Crippen LogP contribution in [0.3, 0.4) is 0 Å². The maximum atomic E-state index is 11.3. The van der Waals surface area contributed by atoms with Gasteiger partial charge in [-0.3, -0.25) is 9.78 Å². The van der Waals surface area contributed by atoms with E-state index in [1.807, 2.05) is 36.5 Å². The number of carbonyl (C=O) groups is 1. The number of hydrogen-bond donors (Lipinski definition) is 1. The molecular formula is C17H22Cl2N2O2. The van der Waals surface area contributed by atoms with Crippen molar-refractivity contribution in [3.05, 3.63) is 53.9 Å². The molecule has 1 atom stereocenters. The van der Waals surface area contributed by atoms with Crippen molar-refractivity contribution in [2.24, 2.45) is 5.73 Å². The number of nitrogens with zero attached hydrogens (tertiary/aromatic N) is 1. The Morgan fingerprint density at radius 1 is 1.17 bits per heavy atom. The number of aryl methyl sites for hydroxylation is 1. The molecule has 0 radical (unpaired) electrons. The third-order valence-corrected chi connectivity index (χ3v) is 3.43. The molecule has 0 saturated heterocycles. The molecule has 0 fully saturated rings. The fourth-order valence-electron chi connectivity index (χ4n) is 2.17. The first-order valence-electron chi connectivity index (χ1n) is 7.01. The van der Waals surface area contributed by atoms with Crippen LogP contribution in [0.2, 0.25) is 0 Å². The van der Waals surface area contributed by atoms with Crippen LogP contribution in [-0.2, 0) is 22.4 Å². The summed E-state index contributed by atoms with van der Waals surface area (Å²) in [4.78, 5) is 15.6. The predicted octanol–water partition coefficient (Wildman–Crippen LogP) is 3.20. The van der Waals surface area contributed by atoms with E-state index in [0.29, 0.717) is 6.42 Å². The Labute approximate surface area is 149 Å². The first kappa shape index (κ1) is 21.4. The third kappa shape index (κ3) is 5.82. The van der Waals surface area contributed by atoms with Crippen molar-refractivity contribution in [3.63, 3.8) is 0 Å². The van der Waals surface area contributed by atoms with Crippen LogP contribution >= 0.6 is 24.8 Å². The van der Waals surface area contributed by atoms with Gasteiger partial charge in [-0.1, -0.05) is 31.2 Å². The molecule has 1 aromatic heterocycles. The number of carbonyl (C=O) groups excluding carboxylic acids is 1. The summed E-state index contributed by atoms with van der Waals surface area (Å²) in [6, 6.07) is 11.5. The van der Waals surface area contributed by atoms with Crippen molar-refractivity contribution in [1.82, 2.24) is 4.98 Å². The fourth-order valence-corrected chi connectivity index (χ4v) is 2.17. The maximum Gasteiger partial charge on any atom is 0.322 e. The monoisotopic (exact) mass is 356 g/mol. The van der Waals surface area contributed by atoms with E-state index in [9.17, 15) is 4.79 Å². The Morgan fingerprint density at radius 3 is 2.39 bits per heavy atom. The smallest absolute Gasteiger partial charge is 0.322 e. The molecule has 0 spiro atoms. The quantitative estimate of drug-likeness (QED) is 0.835. The van der Waals surface area contributed by atoms with E-state index in [1.165, 1.54) is 7.11 Å². The summed E-state index contributed by atoms with van der Waals surface area (Å²) in [5, 5.41) is 0. The number of pyridine rings is 1. The fraction of sp³-hybridized carbons (Fsp3) is 0.294. The molecule has 126 valence electrons. The molecule has 1 aromatic carbocycles. The van der Waals surface area contributed by atoms with Crippen LogP contribution in [0.25, 0.3) is 11.1 Å². The third-order valence-electron chi connectivity index (χ3n) is 3.43. The molecule has 0 aliphatic carbocycles. The minimum atomic E-state index is -0.617. The van der Waals surface area contributed by atoms with Crippen molar-refractivity contribution < 1.29 is 9.53 Å². The van der Waals surface area contributed by atoms with Crippen LogP contribution in [0.5, 0.6) is 0 Å². The standard InChI is InChI=1S/C17H20N2O2.2ClH/c1-3-15-11-14(8-9-19-15)13-6-4-12(5-7-13)10-16(18)17(20)21-2;;/h4-9,11,16H,3,10,18H2,1-2H3;2*1H/t16-;;/m0../s1. The average molecular weight is 357 g/mol. The van der Waals surface area contributed by atoms with Gasteiger partial charge in [0.15, 0.2) is 0 Å². The van der Waals surface area contributed by atoms with Gasteiger partial charge in [-0.2, -0.15) is 0 Å². The second kappa shape index (κ2) is 10.2. The molecule has 6 heteroatoms.